The molecule has 0 fully saturated rings. The van der Waals surface area contributed by atoms with Crippen LogP contribution in [-0.2, 0) is 0 Å². The standard InChI is InChI=1S/C25H22N2O4/c1-4-31-20-10-8-19(9-11-20)27-24(29)21-12-6-17(14-22(21)25(27)30)23(28)26-18-7-5-15(2)16(3)13-18/h5-14H,4H2,1-3H3,(H,26,28). The van der Waals surface area contributed by atoms with Crippen molar-refractivity contribution in [2.75, 3.05) is 16.8 Å². The van der Waals surface area contributed by atoms with E-state index in [4.69, 9.17) is 4.74 Å². The summed E-state index contributed by atoms with van der Waals surface area (Å²) in [6.07, 6.45) is 0. The van der Waals surface area contributed by atoms with Gasteiger partial charge in [0, 0.05) is 11.3 Å². The highest BCUT2D eigenvalue weighted by Gasteiger charge is 2.37. The lowest BCUT2D eigenvalue weighted by molar-refractivity contribution is 0.0925. The molecule has 1 N–H and O–H groups in total. The molecule has 0 saturated heterocycles. The van der Waals surface area contributed by atoms with Crippen molar-refractivity contribution in [2.45, 2.75) is 20.8 Å². The molecule has 0 unspecified atom stereocenters. The number of nitrogens with zero attached hydrogens (tertiary/aromatic N) is 1. The summed E-state index contributed by atoms with van der Waals surface area (Å²) >= 11 is 0. The molecule has 0 spiro atoms. The average molecular weight is 414 g/mol. The number of anilines is 2. The first kappa shape index (κ1) is 20.3. The molecule has 0 bridgehead atoms. The van der Waals surface area contributed by atoms with Crippen molar-refractivity contribution in [3.05, 3.63) is 88.5 Å². The van der Waals surface area contributed by atoms with Crippen LogP contribution < -0.4 is 15.0 Å². The number of carbonyl (C=O) groups is 3. The number of hydrogen-bond donors (Lipinski definition) is 1. The highest BCUT2D eigenvalue weighted by Crippen LogP contribution is 2.30. The van der Waals surface area contributed by atoms with Crippen molar-refractivity contribution in [2.24, 2.45) is 0 Å². The molecule has 1 heterocycles. The summed E-state index contributed by atoms with van der Waals surface area (Å²) in [4.78, 5) is 39.6. The molecule has 31 heavy (non-hydrogen) atoms. The van der Waals surface area contributed by atoms with Crippen molar-refractivity contribution in [3.63, 3.8) is 0 Å². The van der Waals surface area contributed by atoms with E-state index in [0.717, 1.165) is 16.0 Å². The molecule has 3 amide bonds. The van der Waals surface area contributed by atoms with Gasteiger partial charge in [0.25, 0.3) is 17.7 Å². The van der Waals surface area contributed by atoms with E-state index in [0.29, 0.717) is 29.3 Å². The summed E-state index contributed by atoms with van der Waals surface area (Å²) in [5.41, 5.74) is 4.13. The van der Waals surface area contributed by atoms with Gasteiger partial charge in [-0.1, -0.05) is 6.07 Å². The zero-order valence-corrected chi connectivity index (χ0v) is 17.6. The van der Waals surface area contributed by atoms with E-state index in [9.17, 15) is 14.4 Å². The van der Waals surface area contributed by atoms with E-state index in [-0.39, 0.29) is 17.0 Å². The Morgan fingerprint density at radius 2 is 1.58 bits per heavy atom. The summed E-state index contributed by atoms with van der Waals surface area (Å²) in [5, 5.41) is 2.84. The van der Waals surface area contributed by atoms with E-state index in [2.05, 4.69) is 5.32 Å². The Bertz CT molecular complexity index is 1200. The Morgan fingerprint density at radius 3 is 2.26 bits per heavy atom. The van der Waals surface area contributed by atoms with Gasteiger partial charge in [0.1, 0.15) is 5.75 Å². The lowest BCUT2D eigenvalue weighted by Crippen LogP contribution is -2.29. The van der Waals surface area contributed by atoms with Crippen LogP contribution >= 0.6 is 0 Å². The van der Waals surface area contributed by atoms with E-state index in [1.807, 2.05) is 39.0 Å². The molecule has 6 nitrogen and oxygen atoms in total. The molecule has 0 radical (unpaired) electrons. The van der Waals surface area contributed by atoms with Crippen LogP contribution in [0, 0.1) is 13.8 Å². The second kappa shape index (κ2) is 8.07. The van der Waals surface area contributed by atoms with E-state index in [1.165, 1.54) is 12.1 Å². The fourth-order valence-electron chi connectivity index (χ4n) is 3.50. The number of aryl methyl sites for hydroxylation is 2. The molecule has 0 aliphatic carbocycles. The summed E-state index contributed by atoms with van der Waals surface area (Å²) in [5.74, 6) is -0.547. The molecule has 1 aliphatic heterocycles. The highest BCUT2D eigenvalue weighted by atomic mass is 16.5. The van der Waals surface area contributed by atoms with Crippen LogP contribution in [0.2, 0.25) is 0 Å². The molecule has 0 aromatic heterocycles. The van der Waals surface area contributed by atoms with Crippen molar-refractivity contribution in [1.82, 2.24) is 0 Å². The summed E-state index contributed by atoms with van der Waals surface area (Å²) < 4.78 is 5.41. The molecular formula is C25H22N2O4. The second-order valence-electron chi connectivity index (χ2n) is 7.39. The van der Waals surface area contributed by atoms with Crippen LogP contribution in [0.25, 0.3) is 0 Å². The monoisotopic (exact) mass is 414 g/mol. The van der Waals surface area contributed by atoms with E-state index < -0.39 is 11.8 Å². The Kier molecular flexibility index (Phi) is 5.29. The third-order valence-electron chi connectivity index (χ3n) is 5.32. The van der Waals surface area contributed by atoms with Gasteiger partial charge in [-0.3, -0.25) is 14.4 Å². The van der Waals surface area contributed by atoms with Gasteiger partial charge in [-0.05, 0) is 86.5 Å². The first-order valence-electron chi connectivity index (χ1n) is 10.0. The predicted octanol–water partition coefficient (Wildman–Crippen LogP) is 4.76. The Hall–Kier alpha value is -3.93. The van der Waals surface area contributed by atoms with Gasteiger partial charge in [-0.15, -0.1) is 0 Å². The van der Waals surface area contributed by atoms with Gasteiger partial charge in [0.15, 0.2) is 0 Å². The fraction of sp³-hybridized carbons (Fsp3) is 0.160. The maximum Gasteiger partial charge on any atom is 0.266 e. The number of amides is 3. The Morgan fingerprint density at radius 1 is 0.871 bits per heavy atom. The predicted molar refractivity (Wildman–Crippen MR) is 119 cm³/mol. The van der Waals surface area contributed by atoms with Crippen LogP contribution in [0.3, 0.4) is 0 Å². The smallest absolute Gasteiger partial charge is 0.266 e. The van der Waals surface area contributed by atoms with Crippen LogP contribution in [0.15, 0.2) is 60.7 Å². The summed E-state index contributed by atoms with van der Waals surface area (Å²) in [6.45, 7) is 6.38. The number of carbonyl (C=O) groups excluding carboxylic acids is 3. The number of fused-ring (bicyclic) bond motifs is 1. The van der Waals surface area contributed by atoms with Gasteiger partial charge in [-0.2, -0.15) is 0 Å². The topological polar surface area (TPSA) is 75.7 Å². The third-order valence-corrected chi connectivity index (χ3v) is 5.32. The van der Waals surface area contributed by atoms with Gasteiger partial charge in [0.2, 0.25) is 0 Å². The quantitative estimate of drug-likeness (QED) is 0.611. The van der Waals surface area contributed by atoms with Crippen molar-refractivity contribution >= 4 is 29.1 Å². The molecule has 4 rings (SSSR count). The zero-order valence-electron chi connectivity index (χ0n) is 17.6. The number of imide groups is 1. The number of ether oxygens (including phenoxy) is 1. The van der Waals surface area contributed by atoms with Crippen LogP contribution in [0.1, 0.15) is 49.1 Å². The summed E-state index contributed by atoms with van der Waals surface area (Å²) in [7, 11) is 0. The average Bonchev–Trinajstić information content (AvgIpc) is 3.01. The van der Waals surface area contributed by atoms with Crippen LogP contribution in [0.5, 0.6) is 5.75 Å². The largest absolute Gasteiger partial charge is 0.494 e. The Balaban J connectivity index is 1.58. The minimum Gasteiger partial charge on any atom is -0.494 e. The molecule has 3 aromatic rings. The molecule has 0 atom stereocenters. The number of hydrogen-bond acceptors (Lipinski definition) is 4. The zero-order chi connectivity index (χ0) is 22.1. The SMILES string of the molecule is CCOc1ccc(N2C(=O)c3ccc(C(=O)Nc4ccc(C)c(C)c4)cc3C2=O)cc1. The molecule has 1 aliphatic rings. The lowest BCUT2D eigenvalue weighted by atomic mass is 10.0. The third kappa shape index (κ3) is 3.80. The lowest BCUT2D eigenvalue weighted by Gasteiger charge is -2.14. The maximum absolute atomic E-state index is 13.0. The van der Waals surface area contributed by atoms with Crippen molar-refractivity contribution < 1.29 is 19.1 Å². The molecule has 156 valence electrons. The van der Waals surface area contributed by atoms with Gasteiger partial charge in [-0.25, -0.2) is 4.90 Å². The van der Waals surface area contributed by atoms with Crippen molar-refractivity contribution in [1.29, 1.82) is 0 Å². The van der Waals surface area contributed by atoms with Crippen LogP contribution in [0.4, 0.5) is 11.4 Å². The summed E-state index contributed by atoms with van der Waals surface area (Å²) in [6, 6.07) is 17.0. The van der Waals surface area contributed by atoms with Gasteiger partial charge < -0.3 is 10.1 Å². The van der Waals surface area contributed by atoms with E-state index >= 15 is 0 Å². The second-order valence-corrected chi connectivity index (χ2v) is 7.39. The molecular weight excluding hydrogens is 392 g/mol. The first-order valence-corrected chi connectivity index (χ1v) is 10.0. The fourth-order valence-corrected chi connectivity index (χ4v) is 3.50. The maximum atomic E-state index is 13.0. The number of nitrogens with one attached hydrogen (secondary N) is 1. The highest BCUT2D eigenvalue weighted by molar-refractivity contribution is 6.34. The van der Waals surface area contributed by atoms with Gasteiger partial charge in [0.05, 0.1) is 23.4 Å². The minimum absolute atomic E-state index is 0.214. The molecule has 3 aromatic carbocycles. The molecule has 6 heteroatoms. The first-order chi connectivity index (χ1) is 14.9. The molecule has 0 saturated carbocycles. The normalized spacial score (nSPS) is 12.7. The minimum atomic E-state index is -0.454. The van der Waals surface area contributed by atoms with Gasteiger partial charge >= 0.3 is 0 Å². The van der Waals surface area contributed by atoms with E-state index in [1.54, 1.807) is 30.3 Å². The number of benzene rings is 3. The number of rotatable bonds is 5. The van der Waals surface area contributed by atoms with Crippen molar-refractivity contribution in [3.8, 4) is 5.75 Å². The van der Waals surface area contributed by atoms with Crippen LogP contribution in [-0.4, -0.2) is 24.3 Å². The Labute approximate surface area is 180 Å².